The molecule has 1 heterocycles. The fraction of sp³-hybridized carbons (Fsp3) is 0.143. The summed E-state index contributed by atoms with van der Waals surface area (Å²) in [6, 6.07) is 9.59. The van der Waals surface area contributed by atoms with Gasteiger partial charge >= 0.3 is 0 Å². The molecule has 0 atom stereocenters. The van der Waals surface area contributed by atoms with Crippen LogP contribution in [0.4, 0.5) is 10.8 Å². The predicted octanol–water partition coefficient (Wildman–Crippen LogP) is 4.40. The summed E-state index contributed by atoms with van der Waals surface area (Å²) in [5.41, 5.74) is 1.79. The highest BCUT2D eigenvalue weighted by Crippen LogP contribution is 2.38. The second-order valence-corrected chi connectivity index (χ2v) is 6.98. The fourth-order valence-corrected chi connectivity index (χ4v) is 3.48. The van der Waals surface area contributed by atoms with E-state index in [1.807, 2.05) is 0 Å². The first-order valence-electron chi connectivity index (χ1n) is 8.94. The van der Waals surface area contributed by atoms with Crippen LogP contribution in [0, 0.1) is 10.1 Å². The summed E-state index contributed by atoms with van der Waals surface area (Å²) in [4.78, 5) is 27.1. The van der Waals surface area contributed by atoms with Crippen molar-refractivity contribution < 1.29 is 23.9 Å². The van der Waals surface area contributed by atoms with E-state index in [0.717, 1.165) is 0 Å². The Kier molecular flexibility index (Phi) is 6.83. The van der Waals surface area contributed by atoms with Crippen LogP contribution in [0.15, 0.2) is 47.9 Å². The molecule has 0 saturated carbocycles. The normalized spacial score (nSPS) is 10.7. The van der Waals surface area contributed by atoms with Gasteiger partial charge in [0.15, 0.2) is 16.6 Å². The van der Waals surface area contributed by atoms with Crippen molar-refractivity contribution in [3.05, 3.63) is 63.5 Å². The topological polar surface area (TPSA) is 113 Å². The Labute approximate surface area is 182 Å². The molecule has 0 fully saturated rings. The molecule has 0 aliphatic heterocycles. The van der Waals surface area contributed by atoms with Gasteiger partial charge in [-0.15, -0.1) is 11.3 Å². The van der Waals surface area contributed by atoms with Gasteiger partial charge in [0.05, 0.1) is 31.9 Å². The van der Waals surface area contributed by atoms with Crippen LogP contribution < -0.4 is 19.5 Å². The Morgan fingerprint density at radius 2 is 1.84 bits per heavy atom. The second kappa shape index (κ2) is 9.72. The molecule has 1 amide bonds. The number of anilines is 1. The van der Waals surface area contributed by atoms with Crippen molar-refractivity contribution in [3.8, 4) is 28.5 Å². The van der Waals surface area contributed by atoms with Crippen molar-refractivity contribution in [2.45, 2.75) is 0 Å². The number of non-ortho nitro benzene ring substituents is 1. The zero-order chi connectivity index (χ0) is 22.4. The molecule has 0 radical (unpaired) electrons. The van der Waals surface area contributed by atoms with Gasteiger partial charge in [-0.2, -0.15) is 0 Å². The molecule has 0 aliphatic carbocycles. The van der Waals surface area contributed by atoms with Gasteiger partial charge in [-0.05, 0) is 23.8 Å². The predicted molar refractivity (Wildman–Crippen MR) is 118 cm³/mol. The molecule has 0 unspecified atom stereocenters. The highest BCUT2D eigenvalue weighted by Gasteiger charge is 2.13. The van der Waals surface area contributed by atoms with E-state index in [-0.39, 0.29) is 11.6 Å². The van der Waals surface area contributed by atoms with Crippen molar-refractivity contribution in [2.75, 3.05) is 26.6 Å². The summed E-state index contributed by atoms with van der Waals surface area (Å²) in [5, 5.41) is 15.7. The van der Waals surface area contributed by atoms with E-state index in [2.05, 4.69) is 10.3 Å². The number of carbonyl (C=O) groups excluding carboxylic acids is 1. The van der Waals surface area contributed by atoms with E-state index >= 15 is 0 Å². The number of nitrogens with one attached hydrogen (secondary N) is 1. The van der Waals surface area contributed by atoms with Gasteiger partial charge in [-0.3, -0.25) is 20.2 Å². The van der Waals surface area contributed by atoms with Crippen LogP contribution in [0.1, 0.15) is 5.56 Å². The second-order valence-electron chi connectivity index (χ2n) is 6.13. The summed E-state index contributed by atoms with van der Waals surface area (Å²) in [6.45, 7) is 0. The maximum Gasteiger partial charge on any atom is 0.270 e. The monoisotopic (exact) mass is 441 g/mol. The van der Waals surface area contributed by atoms with E-state index in [1.54, 1.807) is 35.7 Å². The molecule has 3 rings (SSSR count). The third-order valence-electron chi connectivity index (χ3n) is 4.20. The molecule has 1 aromatic heterocycles. The number of thiazole rings is 1. The summed E-state index contributed by atoms with van der Waals surface area (Å²) in [5.74, 6) is 1.03. The summed E-state index contributed by atoms with van der Waals surface area (Å²) in [7, 11) is 4.54. The average Bonchev–Trinajstić information content (AvgIpc) is 3.25. The van der Waals surface area contributed by atoms with Gasteiger partial charge in [0.1, 0.15) is 0 Å². The molecule has 31 heavy (non-hydrogen) atoms. The standard InChI is InChI=1S/C21H19N3O6S/c1-28-17-9-13(10-18(29-2)20(17)30-3)7-8-19(25)23-21-22-16(12-31-21)14-5-4-6-15(11-14)24(26)27/h4-12H,1-3H3,(H,22,23,25)/b8-7+. The molecular formula is C21H19N3O6S. The zero-order valence-electron chi connectivity index (χ0n) is 16.9. The minimum absolute atomic E-state index is 0.0237. The highest BCUT2D eigenvalue weighted by atomic mass is 32.1. The third kappa shape index (κ3) is 5.17. The smallest absolute Gasteiger partial charge is 0.270 e. The van der Waals surface area contributed by atoms with E-state index in [9.17, 15) is 14.9 Å². The first kappa shape index (κ1) is 21.8. The largest absolute Gasteiger partial charge is 0.493 e. The molecule has 2 aromatic carbocycles. The first-order valence-corrected chi connectivity index (χ1v) is 9.82. The lowest BCUT2D eigenvalue weighted by Crippen LogP contribution is -2.07. The molecule has 10 heteroatoms. The summed E-state index contributed by atoms with van der Waals surface area (Å²) in [6.07, 6.45) is 2.96. The van der Waals surface area contributed by atoms with Crippen LogP contribution >= 0.6 is 11.3 Å². The lowest BCUT2D eigenvalue weighted by Gasteiger charge is -2.12. The van der Waals surface area contributed by atoms with E-state index < -0.39 is 4.92 Å². The number of rotatable bonds is 8. The van der Waals surface area contributed by atoms with E-state index in [4.69, 9.17) is 14.2 Å². The Morgan fingerprint density at radius 3 is 2.45 bits per heavy atom. The summed E-state index contributed by atoms with van der Waals surface area (Å²) < 4.78 is 15.9. The minimum atomic E-state index is -0.466. The van der Waals surface area contributed by atoms with Crippen molar-refractivity contribution in [3.63, 3.8) is 0 Å². The van der Waals surface area contributed by atoms with E-state index in [1.165, 1.54) is 50.9 Å². The molecule has 9 nitrogen and oxygen atoms in total. The van der Waals surface area contributed by atoms with Crippen LogP contribution in [0.3, 0.4) is 0 Å². The number of amides is 1. The lowest BCUT2D eigenvalue weighted by atomic mass is 10.1. The molecule has 0 saturated heterocycles. The van der Waals surface area contributed by atoms with Crippen LogP contribution in [0.2, 0.25) is 0 Å². The van der Waals surface area contributed by atoms with Crippen molar-refractivity contribution in [1.82, 2.24) is 4.98 Å². The van der Waals surface area contributed by atoms with Crippen LogP contribution in [-0.2, 0) is 4.79 Å². The third-order valence-corrected chi connectivity index (χ3v) is 4.96. The maximum atomic E-state index is 12.3. The van der Waals surface area contributed by atoms with Gasteiger partial charge in [-0.1, -0.05) is 12.1 Å². The minimum Gasteiger partial charge on any atom is -0.493 e. The highest BCUT2D eigenvalue weighted by molar-refractivity contribution is 7.14. The fourth-order valence-electron chi connectivity index (χ4n) is 2.76. The quantitative estimate of drug-likeness (QED) is 0.313. The van der Waals surface area contributed by atoms with Crippen LogP contribution in [0.25, 0.3) is 17.3 Å². The Bertz CT molecular complexity index is 1120. The Balaban J connectivity index is 1.73. The number of methoxy groups -OCH3 is 3. The Hall–Kier alpha value is -3.92. The van der Waals surface area contributed by atoms with Gasteiger partial charge in [0, 0.05) is 29.2 Å². The number of ether oxygens (including phenoxy) is 3. The molecule has 0 spiro atoms. The van der Waals surface area contributed by atoms with Crippen molar-refractivity contribution >= 4 is 34.1 Å². The molecular weight excluding hydrogens is 422 g/mol. The SMILES string of the molecule is COc1cc(/C=C/C(=O)Nc2nc(-c3cccc([N+](=O)[O-])c3)cs2)cc(OC)c1OC. The first-order chi connectivity index (χ1) is 14.9. The molecule has 3 aromatic rings. The molecule has 0 bridgehead atoms. The molecule has 160 valence electrons. The average molecular weight is 441 g/mol. The number of hydrogen-bond donors (Lipinski definition) is 1. The van der Waals surface area contributed by atoms with Gasteiger partial charge in [0.2, 0.25) is 11.7 Å². The number of nitro benzene ring substituents is 1. The van der Waals surface area contributed by atoms with Gasteiger partial charge in [-0.25, -0.2) is 4.98 Å². The Morgan fingerprint density at radius 1 is 1.13 bits per heavy atom. The number of benzene rings is 2. The van der Waals surface area contributed by atoms with Crippen LogP contribution in [-0.4, -0.2) is 37.1 Å². The van der Waals surface area contributed by atoms with Crippen molar-refractivity contribution in [1.29, 1.82) is 0 Å². The van der Waals surface area contributed by atoms with Crippen molar-refractivity contribution in [2.24, 2.45) is 0 Å². The van der Waals surface area contributed by atoms with Crippen LogP contribution in [0.5, 0.6) is 17.2 Å². The lowest BCUT2D eigenvalue weighted by molar-refractivity contribution is -0.384. The van der Waals surface area contributed by atoms with Gasteiger partial charge < -0.3 is 14.2 Å². The number of aromatic nitrogens is 1. The zero-order valence-corrected chi connectivity index (χ0v) is 17.8. The van der Waals surface area contributed by atoms with E-state index in [0.29, 0.717) is 39.2 Å². The molecule has 0 aliphatic rings. The maximum absolute atomic E-state index is 12.3. The number of nitro groups is 1. The molecule has 1 N–H and O–H groups in total. The number of nitrogens with zero attached hydrogens (tertiary/aromatic N) is 2. The van der Waals surface area contributed by atoms with Gasteiger partial charge in [0.25, 0.3) is 5.69 Å². The number of carbonyl (C=O) groups is 1. The number of hydrogen-bond acceptors (Lipinski definition) is 8. The summed E-state index contributed by atoms with van der Waals surface area (Å²) >= 11 is 1.22.